The fraction of sp³-hybridized carbons (Fsp3) is 0.600. The van der Waals surface area contributed by atoms with Crippen LogP contribution in [0.4, 0.5) is 5.95 Å². The lowest BCUT2D eigenvalue weighted by Crippen LogP contribution is -2.38. The van der Waals surface area contributed by atoms with Crippen LogP contribution in [0.1, 0.15) is 12.8 Å². The summed E-state index contributed by atoms with van der Waals surface area (Å²) in [5.41, 5.74) is 0. The lowest BCUT2D eigenvalue weighted by molar-refractivity contribution is 0.396. The minimum Gasteiger partial charge on any atom is -0.481 e. The Morgan fingerprint density at radius 2 is 2.53 bits per heavy atom. The van der Waals surface area contributed by atoms with Gasteiger partial charge in [0.05, 0.1) is 7.11 Å². The molecule has 0 spiro atoms. The maximum Gasteiger partial charge on any atom is 0.226 e. The molecule has 0 bridgehead atoms. The van der Waals surface area contributed by atoms with Crippen LogP contribution in [0.15, 0.2) is 12.3 Å². The molecule has 0 radical (unpaired) electrons. The van der Waals surface area contributed by atoms with Crippen molar-refractivity contribution in [3.05, 3.63) is 12.3 Å². The van der Waals surface area contributed by atoms with Crippen LogP contribution in [0.3, 0.4) is 0 Å². The van der Waals surface area contributed by atoms with Gasteiger partial charge in [-0.05, 0) is 19.4 Å². The fourth-order valence-electron chi connectivity index (χ4n) is 1.68. The van der Waals surface area contributed by atoms with Crippen molar-refractivity contribution in [1.29, 1.82) is 0 Å². The number of hydrogen-bond acceptors (Lipinski definition) is 5. The topological polar surface area (TPSA) is 59.1 Å². The van der Waals surface area contributed by atoms with E-state index in [4.69, 9.17) is 4.74 Å². The van der Waals surface area contributed by atoms with Crippen molar-refractivity contribution in [2.24, 2.45) is 0 Å². The second-order valence-corrected chi connectivity index (χ2v) is 3.61. The van der Waals surface area contributed by atoms with Gasteiger partial charge in [-0.2, -0.15) is 4.98 Å². The molecule has 15 heavy (non-hydrogen) atoms. The van der Waals surface area contributed by atoms with E-state index in [1.165, 1.54) is 6.42 Å². The molecule has 1 fully saturated rings. The summed E-state index contributed by atoms with van der Waals surface area (Å²) in [6, 6.07) is 2.16. The van der Waals surface area contributed by atoms with Gasteiger partial charge in [0.1, 0.15) is 0 Å². The molecule has 0 amide bonds. The van der Waals surface area contributed by atoms with Crippen LogP contribution < -0.4 is 15.4 Å². The molecule has 0 aliphatic carbocycles. The molecule has 1 aliphatic rings. The summed E-state index contributed by atoms with van der Waals surface area (Å²) in [4.78, 5) is 8.36. The van der Waals surface area contributed by atoms with Crippen molar-refractivity contribution in [3.63, 3.8) is 0 Å². The molecular weight excluding hydrogens is 192 g/mol. The second kappa shape index (κ2) is 4.93. The number of ether oxygens (including phenoxy) is 1. The van der Waals surface area contributed by atoms with Crippen LogP contribution in [-0.2, 0) is 0 Å². The van der Waals surface area contributed by atoms with Crippen molar-refractivity contribution >= 4 is 5.95 Å². The van der Waals surface area contributed by atoms with E-state index in [0.29, 0.717) is 17.9 Å². The van der Waals surface area contributed by atoms with E-state index in [9.17, 15) is 0 Å². The third-order valence-electron chi connectivity index (χ3n) is 2.47. The summed E-state index contributed by atoms with van der Waals surface area (Å²) in [6.45, 7) is 2.08. The molecular formula is C10H16N4O. The van der Waals surface area contributed by atoms with Crippen LogP contribution in [0.25, 0.3) is 0 Å². The Hall–Kier alpha value is -1.36. The molecule has 0 saturated carbocycles. The minimum absolute atomic E-state index is 0.422. The Morgan fingerprint density at radius 1 is 1.60 bits per heavy atom. The van der Waals surface area contributed by atoms with E-state index < -0.39 is 0 Å². The van der Waals surface area contributed by atoms with Crippen LogP contribution in [0.5, 0.6) is 5.88 Å². The first-order valence-electron chi connectivity index (χ1n) is 5.23. The Balaban J connectivity index is 1.96. The van der Waals surface area contributed by atoms with Crippen LogP contribution in [-0.4, -0.2) is 36.2 Å². The number of anilines is 1. The predicted molar refractivity (Wildman–Crippen MR) is 58.1 cm³/mol. The van der Waals surface area contributed by atoms with Gasteiger partial charge in [0, 0.05) is 24.8 Å². The van der Waals surface area contributed by atoms with E-state index in [1.54, 1.807) is 19.4 Å². The average molecular weight is 208 g/mol. The summed E-state index contributed by atoms with van der Waals surface area (Å²) in [5, 5.41) is 6.63. The van der Waals surface area contributed by atoms with Crippen molar-refractivity contribution < 1.29 is 4.74 Å². The van der Waals surface area contributed by atoms with E-state index in [-0.39, 0.29) is 0 Å². The third kappa shape index (κ3) is 2.79. The van der Waals surface area contributed by atoms with Crippen LogP contribution in [0, 0.1) is 0 Å². The molecule has 2 N–H and O–H groups in total. The molecule has 2 heterocycles. The molecule has 1 atom stereocenters. The number of methoxy groups -OCH3 is 1. The zero-order valence-electron chi connectivity index (χ0n) is 8.86. The molecule has 2 rings (SSSR count). The van der Waals surface area contributed by atoms with Crippen molar-refractivity contribution in [3.8, 4) is 5.88 Å². The molecule has 1 aliphatic heterocycles. The van der Waals surface area contributed by atoms with E-state index in [2.05, 4.69) is 20.6 Å². The highest BCUT2D eigenvalue weighted by Crippen LogP contribution is 2.11. The smallest absolute Gasteiger partial charge is 0.226 e. The van der Waals surface area contributed by atoms with Gasteiger partial charge in [-0.3, -0.25) is 0 Å². The molecule has 1 aromatic heterocycles. The first-order valence-corrected chi connectivity index (χ1v) is 5.23. The number of hydrogen-bond donors (Lipinski definition) is 2. The summed E-state index contributed by atoms with van der Waals surface area (Å²) in [7, 11) is 1.61. The Kier molecular flexibility index (Phi) is 3.34. The fourth-order valence-corrected chi connectivity index (χ4v) is 1.68. The Bertz CT molecular complexity index is 312. The SMILES string of the molecule is COc1ccnc(N[C@@H]2CCCNC2)n1. The van der Waals surface area contributed by atoms with Crippen LogP contribution in [0.2, 0.25) is 0 Å². The number of piperidine rings is 1. The van der Waals surface area contributed by atoms with E-state index in [1.807, 2.05) is 0 Å². The molecule has 1 saturated heterocycles. The number of nitrogens with one attached hydrogen (secondary N) is 2. The summed E-state index contributed by atoms with van der Waals surface area (Å²) < 4.78 is 5.04. The standard InChI is InChI=1S/C10H16N4O/c1-15-9-4-6-12-10(14-9)13-8-3-2-5-11-7-8/h4,6,8,11H,2-3,5,7H2,1H3,(H,12,13,14)/t8-/m1/s1. The monoisotopic (exact) mass is 208 g/mol. The quantitative estimate of drug-likeness (QED) is 0.763. The Morgan fingerprint density at radius 3 is 3.27 bits per heavy atom. The zero-order chi connectivity index (χ0) is 10.5. The molecule has 0 unspecified atom stereocenters. The second-order valence-electron chi connectivity index (χ2n) is 3.61. The summed E-state index contributed by atoms with van der Waals surface area (Å²) in [6.07, 6.45) is 4.06. The molecule has 5 nitrogen and oxygen atoms in total. The number of aromatic nitrogens is 2. The van der Waals surface area contributed by atoms with Gasteiger partial charge in [0.25, 0.3) is 0 Å². The number of nitrogens with zero attached hydrogens (tertiary/aromatic N) is 2. The normalized spacial score (nSPS) is 21.0. The van der Waals surface area contributed by atoms with Crippen LogP contribution >= 0.6 is 0 Å². The number of rotatable bonds is 3. The van der Waals surface area contributed by atoms with Gasteiger partial charge in [-0.15, -0.1) is 0 Å². The first-order chi connectivity index (χ1) is 7.38. The third-order valence-corrected chi connectivity index (χ3v) is 2.47. The largest absolute Gasteiger partial charge is 0.481 e. The summed E-state index contributed by atoms with van der Waals surface area (Å²) in [5.74, 6) is 1.24. The highest BCUT2D eigenvalue weighted by Gasteiger charge is 2.13. The maximum atomic E-state index is 5.04. The predicted octanol–water partition coefficient (Wildman–Crippen LogP) is 0.649. The highest BCUT2D eigenvalue weighted by atomic mass is 16.5. The maximum absolute atomic E-state index is 5.04. The lowest BCUT2D eigenvalue weighted by Gasteiger charge is -2.23. The summed E-state index contributed by atoms with van der Waals surface area (Å²) >= 11 is 0. The molecule has 82 valence electrons. The Labute approximate surface area is 89.3 Å². The average Bonchev–Trinajstić information content (AvgIpc) is 2.31. The lowest BCUT2D eigenvalue weighted by atomic mass is 10.1. The molecule has 5 heteroatoms. The molecule has 1 aromatic rings. The van der Waals surface area contributed by atoms with Crippen molar-refractivity contribution in [2.75, 3.05) is 25.5 Å². The van der Waals surface area contributed by atoms with Gasteiger partial charge in [0.2, 0.25) is 11.8 Å². The van der Waals surface area contributed by atoms with Crippen molar-refractivity contribution in [2.45, 2.75) is 18.9 Å². The van der Waals surface area contributed by atoms with E-state index >= 15 is 0 Å². The van der Waals surface area contributed by atoms with Gasteiger partial charge >= 0.3 is 0 Å². The highest BCUT2D eigenvalue weighted by molar-refractivity contribution is 5.29. The van der Waals surface area contributed by atoms with Gasteiger partial charge in [-0.25, -0.2) is 4.98 Å². The van der Waals surface area contributed by atoms with Crippen molar-refractivity contribution in [1.82, 2.24) is 15.3 Å². The first kappa shape index (κ1) is 10.2. The van der Waals surface area contributed by atoms with Gasteiger partial charge in [-0.1, -0.05) is 0 Å². The zero-order valence-corrected chi connectivity index (χ0v) is 8.86. The van der Waals surface area contributed by atoms with Gasteiger partial charge < -0.3 is 15.4 Å². The minimum atomic E-state index is 0.422. The molecule has 0 aromatic carbocycles. The van der Waals surface area contributed by atoms with Gasteiger partial charge in [0.15, 0.2) is 0 Å². The van der Waals surface area contributed by atoms with E-state index in [0.717, 1.165) is 19.5 Å².